The molecule has 2 aromatic rings. The van der Waals surface area contributed by atoms with E-state index in [0.717, 1.165) is 24.4 Å². The summed E-state index contributed by atoms with van der Waals surface area (Å²) in [4.78, 5) is 41.2. The molecule has 1 N–H and O–H groups in total. The van der Waals surface area contributed by atoms with Crippen LogP contribution < -0.4 is 10.2 Å². The van der Waals surface area contributed by atoms with Crippen LogP contribution in [0.4, 0.5) is 5.69 Å². The summed E-state index contributed by atoms with van der Waals surface area (Å²) in [6.45, 7) is 3.78. The minimum atomic E-state index is -0.221. The molecule has 4 rings (SSSR count). The van der Waals surface area contributed by atoms with Gasteiger partial charge in [-0.25, -0.2) is 5.01 Å². The van der Waals surface area contributed by atoms with Gasteiger partial charge in [0.05, 0.1) is 12.3 Å². The Bertz CT molecular complexity index is 1020. The van der Waals surface area contributed by atoms with Crippen LogP contribution in [0.2, 0.25) is 0 Å². The number of rotatable bonds is 8. The number of hydrogen-bond acceptors (Lipinski definition) is 5. The van der Waals surface area contributed by atoms with Crippen LogP contribution in [0, 0.1) is 0 Å². The smallest absolute Gasteiger partial charge is 0.243 e. The molecule has 0 radical (unpaired) electrons. The molecule has 3 amide bonds. The second kappa shape index (κ2) is 11.4. The van der Waals surface area contributed by atoms with Gasteiger partial charge in [0.25, 0.3) is 0 Å². The van der Waals surface area contributed by atoms with Crippen LogP contribution in [0.1, 0.15) is 31.2 Å². The van der Waals surface area contributed by atoms with Crippen molar-refractivity contribution in [3.63, 3.8) is 0 Å². The lowest BCUT2D eigenvalue weighted by atomic mass is 10.1. The fraction of sp³-hybridized carbons (Fsp3) is 0.385. The van der Waals surface area contributed by atoms with E-state index in [1.165, 1.54) is 10.7 Å². The molecular weight excluding hydrogens is 430 g/mol. The first-order chi connectivity index (χ1) is 16.6. The maximum absolute atomic E-state index is 12.5. The molecule has 0 atom stereocenters. The van der Waals surface area contributed by atoms with Crippen LogP contribution in [0.3, 0.4) is 0 Å². The molecule has 0 aliphatic carbocycles. The molecule has 2 aliphatic heterocycles. The van der Waals surface area contributed by atoms with Gasteiger partial charge in [0.15, 0.2) is 0 Å². The Hall–Kier alpha value is -3.68. The van der Waals surface area contributed by atoms with E-state index in [4.69, 9.17) is 0 Å². The number of nitrogens with zero attached hydrogens (tertiary/aromatic N) is 4. The SMILES string of the molecule is O=C(CCC(=O)N1CCC(c2ccccc2)=N1)NCCC(=O)N1CCN(c2ccccc2)CC1. The molecule has 178 valence electrons. The van der Waals surface area contributed by atoms with Crippen LogP contribution in [-0.4, -0.2) is 72.6 Å². The lowest BCUT2D eigenvalue weighted by Crippen LogP contribution is -2.49. The Balaban J connectivity index is 1.12. The van der Waals surface area contributed by atoms with Crippen LogP contribution in [0.5, 0.6) is 0 Å². The minimum Gasteiger partial charge on any atom is -0.368 e. The summed E-state index contributed by atoms with van der Waals surface area (Å²) in [7, 11) is 0. The standard InChI is InChI=1S/C26H31N5O3/c32-24(11-12-26(34)31-16-14-23(28-31)21-7-3-1-4-8-21)27-15-13-25(33)30-19-17-29(18-20-30)22-9-5-2-6-10-22/h1-10H,11-20H2,(H,27,32). The van der Waals surface area contributed by atoms with Gasteiger partial charge in [-0.1, -0.05) is 48.5 Å². The normalized spacial score (nSPS) is 15.8. The highest BCUT2D eigenvalue weighted by molar-refractivity contribution is 6.02. The van der Waals surface area contributed by atoms with E-state index in [1.807, 2.05) is 53.4 Å². The number of benzene rings is 2. The van der Waals surface area contributed by atoms with Gasteiger partial charge in [0.2, 0.25) is 17.7 Å². The van der Waals surface area contributed by atoms with E-state index in [0.29, 0.717) is 26.1 Å². The number of hydrogen-bond donors (Lipinski definition) is 1. The first-order valence-electron chi connectivity index (χ1n) is 11.9. The third kappa shape index (κ3) is 6.21. The fourth-order valence-corrected chi connectivity index (χ4v) is 4.23. The number of piperazine rings is 1. The van der Waals surface area contributed by atoms with Crippen molar-refractivity contribution in [2.75, 3.05) is 44.2 Å². The quantitative estimate of drug-likeness (QED) is 0.654. The molecule has 2 aromatic carbocycles. The van der Waals surface area contributed by atoms with E-state index in [9.17, 15) is 14.4 Å². The predicted octanol–water partition coefficient (Wildman–Crippen LogP) is 2.26. The summed E-state index contributed by atoms with van der Waals surface area (Å²) >= 11 is 0. The van der Waals surface area contributed by atoms with Crippen molar-refractivity contribution in [2.24, 2.45) is 5.10 Å². The Labute approximate surface area is 200 Å². The van der Waals surface area contributed by atoms with Gasteiger partial charge in [-0.05, 0) is 17.7 Å². The predicted molar refractivity (Wildman–Crippen MR) is 131 cm³/mol. The molecule has 2 heterocycles. The van der Waals surface area contributed by atoms with E-state index < -0.39 is 0 Å². The lowest BCUT2D eigenvalue weighted by molar-refractivity contribution is -0.134. The monoisotopic (exact) mass is 461 g/mol. The van der Waals surface area contributed by atoms with Crippen molar-refractivity contribution >= 4 is 29.1 Å². The zero-order valence-electron chi connectivity index (χ0n) is 19.4. The lowest BCUT2D eigenvalue weighted by Gasteiger charge is -2.36. The fourth-order valence-electron chi connectivity index (χ4n) is 4.23. The summed E-state index contributed by atoms with van der Waals surface area (Å²) in [5.41, 5.74) is 3.08. The van der Waals surface area contributed by atoms with Crippen LogP contribution in [0.15, 0.2) is 65.8 Å². The topological polar surface area (TPSA) is 85.3 Å². The highest BCUT2D eigenvalue weighted by Gasteiger charge is 2.23. The summed E-state index contributed by atoms with van der Waals surface area (Å²) in [5.74, 6) is -0.334. The molecule has 0 unspecified atom stereocenters. The molecular formula is C26H31N5O3. The molecule has 1 saturated heterocycles. The molecule has 0 bridgehead atoms. The maximum Gasteiger partial charge on any atom is 0.243 e. The van der Waals surface area contributed by atoms with E-state index in [-0.39, 0.29) is 43.5 Å². The first kappa shape index (κ1) is 23.5. The molecule has 8 nitrogen and oxygen atoms in total. The van der Waals surface area contributed by atoms with Crippen molar-refractivity contribution in [3.05, 3.63) is 66.2 Å². The Kier molecular flexibility index (Phi) is 7.91. The minimum absolute atomic E-state index is 0.0453. The van der Waals surface area contributed by atoms with Gasteiger partial charge in [-0.2, -0.15) is 5.10 Å². The third-order valence-electron chi connectivity index (χ3n) is 6.18. The summed E-state index contributed by atoms with van der Waals surface area (Å²) < 4.78 is 0. The third-order valence-corrected chi connectivity index (χ3v) is 6.18. The number of anilines is 1. The van der Waals surface area contributed by atoms with Crippen molar-refractivity contribution in [2.45, 2.75) is 25.7 Å². The molecule has 0 saturated carbocycles. The average Bonchev–Trinajstić information content (AvgIpc) is 3.39. The Morgan fingerprint density at radius 3 is 2.15 bits per heavy atom. The van der Waals surface area contributed by atoms with Crippen LogP contribution in [0.25, 0.3) is 0 Å². The van der Waals surface area contributed by atoms with E-state index in [1.54, 1.807) is 0 Å². The summed E-state index contributed by atoms with van der Waals surface area (Å²) in [6.07, 6.45) is 1.17. The van der Waals surface area contributed by atoms with Crippen molar-refractivity contribution < 1.29 is 14.4 Å². The average molecular weight is 462 g/mol. The first-order valence-corrected chi connectivity index (χ1v) is 11.9. The number of nitrogens with one attached hydrogen (secondary N) is 1. The number of carbonyl (C=O) groups excluding carboxylic acids is 3. The van der Waals surface area contributed by atoms with Gasteiger partial charge in [0, 0.05) is 64.1 Å². The van der Waals surface area contributed by atoms with E-state index in [2.05, 4.69) is 27.5 Å². The largest absolute Gasteiger partial charge is 0.368 e. The van der Waals surface area contributed by atoms with Crippen LogP contribution >= 0.6 is 0 Å². The second-order valence-electron chi connectivity index (χ2n) is 8.48. The summed E-state index contributed by atoms with van der Waals surface area (Å²) in [6, 6.07) is 20.0. The molecule has 34 heavy (non-hydrogen) atoms. The second-order valence-corrected chi connectivity index (χ2v) is 8.48. The molecule has 8 heteroatoms. The number of para-hydroxylation sites is 1. The van der Waals surface area contributed by atoms with Crippen molar-refractivity contribution in [1.29, 1.82) is 0 Å². The van der Waals surface area contributed by atoms with Gasteiger partial charge in [0.1, 0.15) is 0 Å². The van der Waals surface area contributed by atoms with Gasteiger partial charge in [-0.3, -0.25) is 14.4 Å². The van der Waals surface area contributed by atoms with E-state index >= 15 is 0 Å². The molecule has 1 fully saturated rings. The zero-order valence-corrected chi connectivity index (χ0v) is 19.4. The Morgan fingerprint density at radius 2 is 1.44 bits per heavy atom. The van der Waals surface area contributed by atoms with Crippen molar-refractivity contribution in [1.82, 2.24) is 15.2 Å². The van der Waals surface area contributed by atoms with Gasteiger partial charge < -0.3 is 15.1 Å². The number of carbonyl (C=O) groups is 3. The maximum atomic E-state index is 12.5. The number of amides is 3. The highest BCUT2D eigenvalue weighted by Crippen LogP contribution is 2.16. The molecule has 0 spiro atoms. The molecule has 2 aliphatic rings. The number of hydrazone groups is 1. The summed E-state index contributed by atoms with van der Waals surface area (Å²) in [5, 5.41) is 8.63. The Morgan fingerprint density at radius 1 is 0.765 bits per heavy atom. The zero-order chi connectivity index (χ0) is 23.8. The van der Waals surface area contributed by atoms with Crippen molar-refractivity contribution in [3.8, 4) is 0 Å². The van der Waals surface area contributed by atoms with Crippen LogP contribution in [-0.2, 0) is 14.4 Å². The molecule has 0 aromatic heterocycles. The van der Waals surface area contributed by atoms with Gasteiger partial charge in [-0.15, -0.1) is 0 Å². The van der Waals surface area contributed by atoms with Gasteiger partial charge >= 0.3 is 0 Å². The highest BCUT2D eigenvalue weighted by atomic mass is 16.2.